The zero-order valence-corrected chi connectivity index (χ0v) is 8.09. The standard InChI is InChI=1S/C11H17NO/c1-4-10-7-11-9(3-2-6-13-11)8-12(10)5-1/h10H,1-8H2. The molecular weight excluding hydrogens is 162 g/mol. The van der Waals surface area contributed by atoms with Crippen LogP contribution >= 0.6 is 0 Å². The smallest absolute Gasteiger partial charge is 0.0980 e. The molecule has 13 heavy (non-hydrogen) atoms. The average Bonchev–Trinajstić information content (AvgIpc) is 2.61. The molecule has 0 aromatic carbocycles. The van der Waals surface area contributed by atoms with Crippen molar-refractivity contribution in [3.8, 4) is 0 Å². The van der Waals surface area contributed by atoms with Crippen molar-refractivity contribution in [1.29, 1.82) is 0 Å². The van der Waals surface area contributed by atoms with Crippen molar-refractivity contribution >= 4 is 0 Å². The van der Waals surface area contributed by atoms with Crippen LogP contribution in [-0.4, -0.2) is 30.6 Å². The van der Waals surface area contributed by atoms with Gasteiger partial charge in [-0.1, -0.05) is 0 Å². The van der Waals surface area contributed by atoms with Crippen molar-refractivity contribution < 1.29 is 4.74 Å². The van der Waals surface area contributed by atoms with E-state index in [4.69, 9.17) is 4.74 Å². The lowest BCUT2D eigenvalue weighted by molar-refractivity contribution is 0.129. The van der Waals surface area contributed by atoms with Crippen LogP contribution in [0.3, 0.4) is 0 Å². The molecule has 3 heterocycles. The van der Waals surface area contributed by atoms with Gasteiger partial charge < -0.3 is 4.74 Å². The molecular formula is C11H17NO. The van der Waals surface area contributed by atoms with Crippen LogP contribution in [0.15, 0.2) is 11.3 Å². The van der Waals surface area contributed by atoms with Gasteiger partial charge in [0.25, 0.3) is 0 Å². The lowest BCUT2D eigenvalue weighted by Gasteiger charge is -2.35. The van der Waals surface area contributed by atoms with Crippen molar-refractivity contribution in [3.63, 3.8) is 0 Å². The number of fused-ring (bicyclic) bond motifs is 1. The number of ether oxygens (including phenoxy) is 1. The Labute approximate surface area is 79.6 Å². The molecule has 0 bridgehead atoms. The third kappa shape index (κ3) is 1.28. The summed E-state index contributed by atoms with van der Waals surface area (Å²) < 4.78 is 5.74. The molecule has 3 aliphatic heterocycles. The summed E-state index contributed by atoms with van der Waals surface area (Å²) in [4.78, 5) is 2.65. The van der Waals surface area contributed by atoms with Crippen LogP contribution < -0.4 is 0 Å². The molecule has 3 aliphatic rings. The van der Waals surface area contributed by atoms with Crippen LogP contribution in [-0.2, 0) is 4.74 Å². The maximum Gasteiger partial charge on any atom is 0.0980 e. The molecule has 0 N–H and O–H groups in total. The molecule has 1 fully saturated rings. The van der Waals surface area contributed by atoms with Crippen LogP contribution in [0, 0.1) is 0 Å². The first kappa shape index (κ1) is 7.86. The summed E-state index contributed by atoms with van der Waals surface area (Å²) in [6, 6.07) is 0.817. The van der Waals surface area contributed by atoms with Crippen molar-refractivity contribution in [1.82, 2.24) is 4.90 Å². The predicted octanol–water partition coefficient (Wildman–Crippen LogP) is 1.92. The molecule has 1 unspecified atom stereocenters. The summed E-state index contributed by atoms with van der Waals surface area (Å²) in [7, 11) is 0. The van der Waals surface area contributed by atoms with Gasteiger partial charge in [0.1, 0.15) is 0 Å². The number of nitrogens with zero attached hydrogens (tertiary/aromatic N) is 1. The van der Waals surface area contributed by atoms with E-state index in [0.29, 0.717) is 0 Å². The molecule has 0 saturated carbocycles. The first-order valence-corrected chi connectivity index (χ1v) is 5.51. The quantitative estimate of drug-likeness (QED) is 0.563. The maximum atomic E-state index is 5.74. The Bertz CT molecular complexity index is 222. The van der Waals surface area contributed by atoms with Gasteiger partial charge in [0.2, 0.25) is 0 Å². The minimum absolute atomic E-state index is 0.817. The Balaban J connectivity index is 1.83. The van der Waals surface area contributed by atoms with Crippen LogP contribution in [0.2, 0.25) is 0 Å². The SMILES string of the molecule is C1COC2=C(C1)CN1CCCC1C2. The Morgan fingerprint density at radius 1 is 1.31 bits per heavy atom. The molecule has 0 spiro atoms. The van der Waals surface area contributed by atoms with Gasteiger partial charge in [-0.05, 0) is 37.8 Å². The molecule has 2 nitrogen and oxygen atoms in total. The second-order valence-corrected chi connectivity index (χ2v) is 4.45. The van der Waals surface area contributed by atoms with Crippen molar-refractivity contribution in [2.24, 2.45) is 0 Å². The highest BCUT2D eigenvalue weighted by Gasteiger charge is 2.32. The highest BCUT2D eigenvalue weighted by Crippen LogP contribution is 2.34. The minimum atomic E-state index is 0.817. The van der Waals surface area contributed by atoms with Crippen molar-refractivity contribution in [2.45, 2.75) is 38.1 Å². The number of hydrogen-bond acceptors (Lipinski definition) is 2. The van der Waals surface area contributed by atoms with E-state index >= 15 is 0 Å². The highest BCUT2D eigenvalue weighted by atomic mass is 16.5. The first-order valence-electron chi connectivity index (χ1n) is 5.51. The third-order valence-electron chi connectivity index (χ3n) is 3.61. The van der Waals surface area contributed by atoms with Gasteiger partial charge in [-0.2, -0.15) is 0 Å². The highest BCUT2D eigenvalue weighted by molar-refractivity contribution is 5.18. The largest absolute Gasteiger partial charge is 0.498 e. The fourth-order valence-corrected chi connectivity index (χ4v) is 2.89. The third-order valence-corrected chi connectivity index (χ3v) is 3.61. The van der Waals surface area contributed by atoms with Gasteiger partial charge in [-0.3, -0.25) is 4.90 Å². The lowest BCUT2D eigenvalue weighted by atomic mass is 9.96. The predicted molar refractivity (Wildman–Crippen MR) is 51.4 cm³/mol. The van der Waals surface area contributed by atoms with E-state index in [9.17, 15) is 0 Å². The van der Waals surface area contributed by atoms with E-state index in [2.05, 4.69) is 4.90 Å². The van der Waals surface area contributed by atoms with Gasteiger partial charge in [0, 0.05) is 19.0 Å². The van der Waals surface area contributed by atoms with Crippen LogP contribution in [0.4, 0.5) is 0 Å². The van der Waals surface area contributed by atoms with E-state index in [1.807, 2.05) is 0 Å². The summed E-state index contributed by atoms with van der Waals surface area (Å²) in [6.07, 6.45) is 6.51. The summed E-state index contributed by atoms with van der Waals surface area (Å²) in [5.74, 6) is 1.36. The van der Waals surface area contributed by atoms with Crippen molar-refractivity contribution in [3.05, 3.63) is 11.3 Å². The fraction of sp³-hybridized carbons (Fsp3) is 0.818. The van der Waals surface area contributed by atoms with E-state index in [1.54, 1.807) is 5.57 Å². The van der Waals surface area contributed by atoms with Gasteiger partial charge in [-0.15, -0.1) is 0 Å². The van der Waals surface area contributed by atoms with Gasteiger partial charge in [0.15, 0.2) is 0 Å². The molecule has 72 valence electrons. The number of hydrogen-bond donors (Lipinski definition) is 0. The average molecular weight is 179 g/mol. The van der Waals surface area contributed by atoms with Gasteiger partial charge >= 0.3 is 0 Å². The Morgan fingerprint density at radius 2 is 2.31 bits per heavy atom. The first-order chi connectivity index (χ1) is 6.43. The van der Waals surface area contributed by atoms with Gasteiger partial charge in [0.05, 0.1) is 12.4 Å². The molecule has 0 aliphatic carbocycles. The molecule has 0 radical (unpaired) electrons. The van der Waals surface area contributed by atoms with E-state index < -0.39 is 0 Å². The lowest BCUT2D eigenvalue weighted by Crippen LogP contribution is -2.37. The zero-order chi connectivity index (χ0) is 8.67. The van der Waals surface area contributed by atoms with Crippen molar-refractivity contribution in [2.75, 3.05) is 19.7 Å². The molecule has 3 rings (SSSR count). The molecule has 2 heteroatoms. The Morgan fingerprint density at radius 3 is 3.31 bits per heavy atom. The monoisotopic (exact) mass is 179 g/mol. The minimum Gasteiger partial charge on any atom is -0.498 e. The molecule has 0 amide bonds. The summed E-state index contributed by atoms with van der Waals surface area (Å²) >= 11 is 0. The second kappa shape index (κ2) is 3.02. The van der Waals surface area contributed by atoms with E-state index in [0.717, 1.165) is 12.6 Å². The maximum absolute atomic E-state index is 5.74. The van der Waals surface area contributed by atoms with E-state index in [1.165, 1.54) is 51.0 Å². The second-order valence-electron chi connectivity index (χ2n) is 4.45. The summed E-state index contributed by atoms with van der Waals surface area (Å²) in [5.41, 5.74) is 1.60. The fourth-order valence-electron chi connectivity index (χ4n) is 2.89. The van der Waals surface area contributed by atoms with Crippen LogP contribution in [0.5, 0.6) is 0 Å². The van der Waals surface area contributed by atoms with E-state index in [-0.39, 0.29) is 0 Å². The molecule has 0 aromatic rings. The topological polar surface area (TPSA) is 12.5 Å². The Hall–Kier alpha value is -0.500. The summed E-state index contributed by atoms with van der Waals surface area (Å²) in [5, 5.41) is 0. The van der Waals surface area contributed by atoms with Gasteiger partial charge in [-0.25, -0.2) is 0 Å². The van der Waals surface area contributed by atoms with Crippen LogP contribution in [0.1, 0.15) is 32.1 Å². The molecule has 0 aromatic heterocycles. The van der Waals surface area contributed by atoms with Crippen LogP contribution in [0.25, 0.3) is 0 Å². The molecule has 1 atom stereocenters. The number of rotatable bonds is 0. The summed E-state index contributed by atoms with van der Waals surface area (Å²) in [6.45, 7) is 3.49. The molecule has 1 saturated heterocycles. The Kier molecular flexibility index (Phi) is 1.82. The normalized spacial score (nSPS) is 34.0. The zero-order valence-electron chi connectivity index (χ0n) is 8.09.